The first kappa shape index (κ1) is 27.2. The van der Waals surface area contributed by atoms with Crippen LogP contribution in [0.15, 0.2) is 176 Å². The van der Waals surface area contributed by atoms with Crippen molar-refractivity contribution in [1.82, 2.24) is 4.57 Å². The number of hydrogen-bond donors (Lipinski definition) is 0. The molecule has 0 saturated heterocycles. The van der Waals surface area contributed by atoms with E-state index in [4.69, 9.17) is 0 Å². The van der Waals surface area contributed by atoms with Crippen LogP contribution in [0.5, 0.6) is 0 Å². The van der Waals surface area contributed by atoms with Crippen LogP contribution in [-0.2, 0) is 0 Å². The van der Waals surface area contributed by atoms with Crippen molar-refractivity contribution in [2.45, 2.75) is 0 Å². The van der Waals surface area contributed by atoms with Crippen molar-refractivity contribution < 1.29 is 0 Å². The highest BCUT2D eigenvalue weighted by molar-refractivity contribution is 6.12. The van der Waals surface area contributed by atoms with Gasteiger partial charge in [-0.15, -0.1) is 0 Å². The summed E-state index contributed by atoms with van der Waals surface area (Å²) in [6, 6.07) is 64.0. The van der Waals surface area contributed by atoms with Gasteiger partial charge in [-0.3, -0.25) is 0 Å². The minimum absolute atomic E-state index is 1.15. The van der Waals surface area contributed by atoms with Gasteiger partial charge in [-0.1, -0.05) is 103 Å². The zero-order valence-corrected chi connectivity index (χ0v) is 26.1. The molecule has 9 aromatic rings. The minimum Gasteiger partial charge on any atom is -0.345 e. The standard InChI is InChI=1S/C45H32N2/c1-46(39-13-3-2-4-14-39)40-21-23-41(24-22-40)47-44-25-19-37(35-17-15-31-9-5-7-11-33(31)27-35)29-42(44)43-30-38(20-26-45(43)47)36-18-16-32-10-6-8-12-34(32)28-36/h2-30H,1H3. The maximum atomic E-state index is 2.41. The summed E-state index contributed by atoms with van der Waals surface area (Å²) < 4.78 is 2.41. The van der Waals surface area contributed by atoms with Crippen LogP contribution in [0.3, 0.4) is 0 Å². The first-order valence-electron chi connectivity index (χ1n) is 16.2. The van der Waals surface area contributed by atoms with E-state index in [0.29, 0.717) is 0 Å². The highest BCUT2D eigenvalue weighted by atomic mass is 15.1. The summed E-state index contributed by atoms with van der Waals surface area (Å²) in [5.41, 5.74) is 10.8. The third-order valence-corrected chi connectivity index (χ3v) is 9.57. The van der Waals surface area contributed by atoms with Gasteiger partial charge in [0.05, 0.1) is 11.0 Å². The molecule has 222 valence electrons. The van der Waals surface area contributed by atoms with Crippen LogP contribution >= 0.6 is 0 Å². The summed E-state index contributed by atoms with van der Waals surface area (Å²) in [4.78, 5) is 2.22. The number of nitrogens with zero attached hydrogens (tertiary/aromatic N) is 2. The van der Waals surface area contributed by atoms with E-state index in [1.807, 2.05) is 0 Å². The topological polar surface area (TPSA) is 8.17 Å². The highest BCUT2D eigenvalue weighted by Gasteiger charge is 2.16. The quantitative estimate of drug-likeness (QED) is 0.191. The van der Waals surface area contributed by atoms with Crippen LogP contribution in [0.2, 0.25) is 0 Å². The smallest absolute Gasteiger partial charge is 0.0541 e. The molecule has 0 aliphatic rings. The number of para-hydroxylation sites is 1. The Morgan fingerprint density at radius 1 is 0.362 bits per heavy atom. The molecule has 0 aliphatic carbocycles. The third kappa shape index (κ3) is 4.74. The van der Waals surface area contributed by atoms with Crippen molar-refractivity contribution in [2.75, 3.05) is 11.9 Å². The van der Waals surface area contributed by atoms with Crippen molar-refractivity contribution >= 4 is 54.7 Å². The molecule has 0 aliphatic heterocycles. The molecule has 8 aromatic carbocycles. The van der Waals surface area contributed by atoms with E-state index in [-0.39, 0.29) is 0 Å². The van der Waals surface area contributed by atoms with Crippen LogP contribution < -0.4 is 4.90 Å². The molecule has 0 fully saturated rings. The molecule has 0 amide bonds. The highest BCUT2D eigenvalue weighted by Crippen LogP contribution is 2.38. The van der Waals surface area contributed by atoms with Crippen LogP contribution in [0, 0.1) is 0 Å². The second kappa shape index (κ2) is 11.0. The van der Waals surface area contributed by atoms with Crippen LogP contribution in [0.1, 0.15) is 0 Å². The lowest BCUT2D eigenvalue weighted by molar-refractivity contribution is 1.16. The fourth-order valence-corrected chi connectivity index (χ4v) is 7.02. The summed E-state index contributed by atoms with van der Waals surface area (Å²) in [5, 5.41) is 7.53. The molecule has 0 spiro atoms. The third-order valence-electron chi connectivity index (χ3n) is 9.57. The monoisotopic (exact) mass is 600 g/mol. The molecule has 0 saturated carbocycles. The predicted molar refractivity (Wildman–Crippen MR) is 201 cm³/mol. The van der Waals surface area contributed by atoms with Gasteiger partial charge in [-0.05, 0) is 117 Å². The number of aromatic nitrogens is 1. The van der Waals surface area contributed by atoms with E-state index in [1.54, 1.807) is 0 Å². The number of benzene rings is 8. The SMILES string of the molecule is CN(c1ccccc1)c1ccc(-n2c3ccc(-c4ccc5ccccc5c4)cc3c3cc(-c4ccc5ccccc5c4)ccc32)cc1. The average Bonchev–Trinajstić information content (AvgIpc) is 3.47. The van der Waals surface area contributed by atoms with E-state index >= 15 is 0 Å². The Morgan fingerprint density at radius 3 is 1.32 bits per heavy atom. The molecule has 9 rings (SSSR count). The normalized spacial score (nSPS) is 11.5. The maximum Gasteiger partial charge on any atom is 0.0541 e. The van der Waals surface area contributed by atoms with Gasteiger partial charge >= 0.3 is 0 Å². The second-order valence-electron chi connectivity index (χ2n) is 12.3. The molecular weight excluding hydrogens is 569 g/mol. The summed E-state index contributed by atoms with van der Waals surface area (Å²) in [6.07, 6.45) is 0. The van der Waals surface area contributed by atoms with Gasteiger partial charge in [0.15, 0.2) is 0 Å². The molecule has 47 heavy (non-hydrogen) atoms. The molecular formula is C45H32N2. The van der Waals surface area contributed by atoms with Crippen molar-refractivity contribution in [3.05, 3.63) is 176 Å². The van der Waals surface area contributed by atoms with Gasteiger partial charge in [0.2, 0.25) is 0 Å². The van der Waals surface area contributed by atoms with Gasteiger partial charge in [-0.2, -0.15) is 0 Å². The van der Waals surface area contributed by atoms with Crippen LogP contribution in [-0.4, -0.2) is 11.6 Å². The summed E-state index contributed by atoms with van der Waals surface area (Å²) in [6.45, 7) is 0. The van der Waals surface area contributed by atoms with E-state index in [9.17, 15) is 0 Å². The lowest BCUT2D eigenvalue weighted by atomic mass is 9.98. The summed E-state index contributed by atoms with van der Waals surface area (Å²) in [5.74, 6) is 0. The molecule has 0 bridgehead atoms. The fourth-order valence-electron chi connectivity index (χ4n) is 7.02. The Balaban J connectivity index is 1.22. The van der Waals surface area contributed by atoms with E-state index < -0.39 is 0 Å². The van der Waals surface area contributed by atoms with Crippen molar-refractivity contribution in [3.8, 4) is 27.9 Å². The van der Waals surface area contributed by atoms with Crippen LogP contribution in [0.4, 0.5) is 11.4 Å². The Bertz CT molecular complexity index is 2440. The second-order valence-corrected chi connectivity index (χ2v) is 12.3. The largest absolute Gasteiger partial charge is 0.345 e. The lowest BCUT2D eigenvalue weighted by Crippen LogP contribution is -2.09. The summed E-state index contributed by atoms with van der Waals surface area (Å²) in [7, 11) is 2.12. The molecule has 1 heterocycles. The number of anilines is 2. The van der Waals surface area contributed by atoms with Crippen LogP contribution in [0.25, 0.3) is 71.3 Å². The first-order valence-corrected chi connectivity index (χ1v) is 16.2. The van der Waals surface area contributed by atoms with Gasteiger partial charge in [-0.25, -0.2) is 0 Å². The Hall–Kier alpha value is -6.12. The van der Waals surface area contributed by atoms with Gasteiger partial charge in [0, 0.05) is 34.9 Å². The van der Waals surface area contributed by atoms with Crippen molar-refractivity contribution in [2.24, 2.45) is 0 Å². The molecule has 0 atom stereocenters. The molecule has 0 radical (unpaired) electrons. The fraction of sp³-hybridized carbons (Fsp3) is 0.0222. The molecule has 2 heteroatoms. The molecule has 0 N–H and O–H groups in total. The summed E-state index contributed by atoms with van der Waals surface area (Å²) >= 11 is 0. The van der Waals surface area contributed by atoms with Crippen molar-refractivity contribution in [1.29, 1.82) is 0 Å². The van der Waals surface area contributed by atoms with E-state index in [2.05, 4.69) is 192 Å². The Kier molecular flexibility index (Phi) is 6.39. The average molecular weight is 601 g/mol. The van der Waals surface area contributed by atoms with Gasteiger partial charge in [0.25, 0.3) is 0 Å². The Morgan fingerprint density at radius 2 is 0.787 bits per heavy atom. The maximum absolute atomic E-state index is 2.41. The van der Waals surface area contributed by atoms with Crippen molar-refractivity contribution in [3.63, 3.8) is 0 Å². The number of hydrogen-bond acceptors (Lipinski definition) is 1. The number of rotatable bonds is 5. The van der Waals surface area contributed by atoms with E-state index in [0.717, 1.165) is 11.4 Å². The van der Waals surface area contributed by atoms with Gasteiger partial charge < -0.3 is 9.47 Å². The zero-order valence-electron chi connectivity index (χ0n) is 26.1. The Labute approximate surface area is 274 Å². The molecule has 1 aromatic heterocycles. The lowest BCUT2D eigenvalue weighted by Gasteiger charge is -2.20. The zero-order chi connectivity index (χ0) is 31.3. The predicted octanol–water partition coefficient (Wildman–Crippen LogP) is 12.2. The minimum atomic E-state index is 1.15. The molecule has 0 unspecified atom stereocenters. The molecule has 2 nitrogen and oxygen atoms in total. The number of fused-ring (bicyclic) bond motifs is 5. The first-order chi connectivity index (χ1) is 23.2. The van der Waals surface area contributed by atoms with Gasteiger partial charge in [0.1, 0.15) is 0 Å². The van der Waals surface area contributed by atoms with E-state index in [1.165, 1.54) is 71.3 Å².